The summed E-state index contributed by atoms with van der Waals surface area (Å²) in [4.78, 5) is 0. The van der Waals surface area contributed by atoms with E-state index >= 15 is 0 Å². The highest BCUT2D eigenvalue weighted by atomic mass is 35.5. The Hall–Kier alpha value is -0.530. The van der Waals surface area contributed by atoms with Gasteiger partial charge in [0.15, 0.2) is 0 Å². The lowest BCUT2D eigenvalue weighted by Crippen LogP contribution is -2.32. The highest BCUT2D eigenvalue weighted by Crippen LogP contribution is 2.40. The molecule has 1 aromatic carbocycles. The summed E-state index contributed by atoms with van der Waals surface area (Å²) in [6.07, 6.45) is 7.96. The molecule has 1 aliphatic rings. The summed E-state index contributed by atoms with van der Waals surface area (Å²) in [5.41, 5.74) is 2.51. The maximum atomic E-state index is 6.62. The van der Waals surface area contributed by atoms with Crippen molar-refractivity contribution in [1.29, 1.82) is 0 Å². The SMILES string of the molecule is CCCNC(c1cccc(C)c1Cl)C1CCCC(CC)C1. The van der Waals surface area contributed by atoms with Gasteiger partial charge in [0.25, 0.3) is 0 Å². The second kappa shape index (κ2) is 8.19. The van der Waals surface area contributed by atoms with Crippen molar-refractivity contribution in [3.05, 3.63) is 34.3 Å². The Morgan fingerprint density at radius 1 is 1.29 bits per heavy atom. The fourth-order valence-corrected chi connectivity index (χ4v) is 3.99. The molecule has 0 bridgehead atoms. The third-order valence-electron chi connectivity index (χ3n) is 5.04. The molecular formula is C19H30ClN. The van der Waals surface area contributed by atoms with Gasteiger partial charge in [-0.2, -0.15) is 0 Å². The van der Waals surface area contributed by atoms with Gasteiger partial charge < -0.3 is 5.32 Å². The van der Waals surface area contributed by atoms with Crippen molar-refractivity contribution < 1.29 is 0 Å². The van der Waals surface area contributed by atoms with Gasteiger partial charge in [-0.3, -0.25) is 0 Å². The molecule has 2 rings (SSSR count). The van der Waals surface area contributed by atoms with E-state index in [9.17, 15) is 0 Å². The first-order valence-electron chi connectivity index (χ1n) is 8.65. The van der Waals surface area contributed by atoms with Crippen LogP contribution in [0, 0.1) is 18.8 Å². The number of aryl methyl sites for hydroxylation is 1. The van der Waals surface area contributed by atoms with Crippen LogP contribution in [0.5, 0.6) is 0 Å². The summed E-state index contributed by atoms with van der Waals surface area (Å²) in [5, 5.41) is 4.75. The van der Waals surface area contributed by atoms with Crippen LogP contribution < -0.4 is 5.32 Å². The van der Waals surface area contributed by atoms with Gasteiger partial charge in [-0.25, -0.2) is 0 Å². The highest BCUT2D eigenvalue weighted by Gasteiger charge is 2.29. The highest BCUT2D eigenvalue weighted by molar-refractivity contribution is 6.32. The zero-order valence-electron chi connectivity index (χ0n) is 13.8. The average molecular weight is 308 g/mol. The maximum absolute atomic E-state index is 6.62. The van der Waals surface area contributed by atoms with E-state index in [0.29, 0.717) is 6.04 Å². The van der Waals surface area contributed by atoms with Gasteiger partial charge in [-0.05, 0) is 55.7 Å². The van der Waals surface area contributed by atoms with Crippen molar-refractivity contribution in [3.8, 4) is 0 Å². The molecule has 0 spiro atoms. The lowest BCUT2D eigenvalue weighted by atomic mass is 9.75. The monoisotopic (exact) mass is 307 g/mol. The predicted molar refractivity (Wildman–Crippen MR) is 93.0 cm³/mol. The molecular weight excluding hydrogens is 278 g/mol. The number of rotatable bonds is 6. The third kappa shape index (κ3) is 4.23. The standard InChI is InChI=1S/C19H30ClN/c1-4-12-21-19(16-10-7-9-15(5-2)13-16)17-11-6-8-14(3)18(17)20/h6,8,11,15-16,19,21H,4-5,7,9-10,12-13H2,1-3H3. The number of benzene rings is 1. The van der Waals surface area contributed by atoms with Gasteiger partial charge in [0.1, 0.15) is 0 Å². The van der Waals surface area contributed by atoms with Crippen LogP contribution in [0.2, 0.25) is 5.02 Å². The molecule has 1 N–H and O–H groups in total. The molecule has 0 aromatic heterocycles. The van der Waals surface area contributed by atoms with Crippen LogP contribution in [0.3, 0.4) is 0 Å². The first-order chi connectivity index (χ1) is 10.2. The fraction of sp³-hybridized carbons (Fsp3) is 0.684. The van der Waals surface area contributed by atoms with Crippen molar-refractivity contribution in [2.75, 3.05) is 6.54 Å². The van der Waals surface area contributed by atoms with E-state index in [2.05, 4.69) is 44.3 Å². The van der Waals surface area contributed by atoms with Crippen molar-refractivity contribution >= 4 is 11.6 Å². The molecule has 3 atom stereocenters. The largest absolute Gasteiger partial charge is 0.310 e. The van der Waals surface area contributed by atoms with E-state index in [1.165, 1.54) is 49.7 Å². The Balaban J connectivity index is 2.23. The number of hydrogen-bond acceptors (Lipinski definition) is 1. The molecule has 0 saturated heterocycles. The molecule has 0 heterocycles. The summed E-state index contributed by atoms with van der Waals surface area (Å²) in [6, 6.07) is 6.90. The molecule has 118 valence electrons. The molecule has 2 heteroatoms. The molecule has 0 radical (unpaired) electrons. The van der Waals surface area contributed by atoms with Crippen molar-refractivity contribution in [1.82, 2.24) is 5.32 Å². The van der Waals surface area contributed by atoms with Crippen LogP contribution in [0.1, 0.15) is 69.5 Å². The van der Waals surface area contributed by atoms with E-state index < -0.39 is 0 Å². The van der Waals surface area contributed by atoms with E-state index in [1.807, 2.05) is 0 Å². The van der Waals surface area contributed by atoms with E-state index in [-0.39, 0.29) is 0 Å². The molecule has 1 fully saturated rings. The smallest absolute Gasteiger partial charge is 0.0483 e. The summed E-state index contributed by atoms with van der Waals surface area (Å²) >= 11 is 6.62. The molecule has 1 aromatic rings. The van der Waals surface area contributed by atoms with Crippen molar-refractivity contribution in [2.45, 2.75) is 65.3 Å². The number of hydrogen-bond donors (Lipinski definition) is 1. The van der Waals surface area contributed by atoms with Crippen LogP contribution in [0.4, 0.5) is 0 Å². The Morgan fingerprint density at radius 2 is 2.10 bits per heavy atom. The Morgan fingerprint density at radius 3 is 2.81 bits per heavy atom. The molecule has 21 heavy (non-hydrogen) atoms. The summed E-state index contributed by atoms with van der Waals surface area (Å²) in [7, 11) is 0. The quantitative estimate of drug-likeness (QED) is 0.689. The normalized spacial score (nSPS) is 24.0. The second-order valence-electron chi connectivity index (χ2n) is 6.61. The molecule has 0 aliphatic heterocycles. The fourth-order valence-electron chi connectivity index (χ4n) is 3.75. The molecule has 1 aliphatic carbocycles. The van der Waals surface area contributed by atoms with Gasteiger partial charge in [0.05, 0.1) is 0 Å². The zero-order chi connectivity index (χ0) is 15.2. The maximum Gasteiger partial charge on any atom is 0.0483 e. The van der Waals surface area contributed by atoms with Crippen LogP contribution >= 0.6 is 11.6 Å². The summed E-state index contributed by atoms with van der Waals surface area (Å²) < 4.78 is 0. The molecule has 1 nitrogen and oxygen atoms in total. The summed E-state index contributed by atoms with van der Waals surface area (Å²) in [5.74, 6) is 1.63. The minimum atomic E-state index is 0.423. The first-order valence-corrected chi connectivity index (χ1v) is 9.03. The minimum Gasteiger partial charge on any atom is -0.310 e. The van der Waals surface area contributed by atoms with Gasteiger partial charge >= 0.3 is 0 Å². The van der Waals surface area contributed by atoms with Crippen molar-refractivity contribution in [3.63, 3.8) is 0 Å². The Labute approximate surface area is 135 Å². The zero-order valence-corrected chi connectivity index (χ0v) is 14.5. The summed E-state index contributed by atoms with van der Waals surface area (Å²) in [6.45, 7) is 7.75. The van der Waals surface area contributed by atoms with E-state index in [0.717, 1.165) is 23.4 Å². The van der Waals surface area contributed by atoms with Gasteiger partial charge in [0.2, 0.25) is 0 Å². The Kier molecular flexibility index (Phi) is 6.57. The minimum absolute atomic E-state index is 0.423. The molecule has 0 amide bonds. The first kappa shape index (κ1) is 16.8. The van der Waals surface area contributed by atoms with E-state index in [1.54, 1.807) is 0 Å². The second-order valence-corrected chi connectivity index (χ2v) is 6.99. The van der Waals surface area contributed by atoms with Gasteiger partial charge in [-0.15, -0.1) is 0 Å². The van der Waals surface area contributed by atoms with E-state index in [4.69, 9.17) is 11.6 Å². The molecule has 3 unspecified atom stereocenters. The third-order valence-corrected chi connectivity index (χ3v) is 5.56. The molecule has 1 saturated carbocycles. The Bertz CT molecular complexity index is 443. The predicted octanol–water partition coefficient (Wildman–Crippen LogP) is 5.91. The van der Waals surface area contributed by atoms with Crippen LogP contribution in [-0.4, -0.2) is 6.54 Å². The van der Waals surface area contributed by atoms with Gasteiger partial charge in [0, 0.05) is 11.1 Å². The van der Waals surface area contributed by atoms with Gasteiger partial charge in [-0.1, -0.05) is 62.9 Å². The number of nitrogens with one attached hydrogen (secondary N) is 1. The van der Waals surface area contributed by atoms with Crippen LogP contribution in [0.25, 0.3) is 0 Å². The average Bonchev–Trinajstić information content (AvgIpc) is 2.52. The number of halogens is 1. The lowest BCUT2D eigenvalue weighted by molar-refractivity contribution is 0.209. The van der Waals surface area contributed by atoms with Crippen LogP contribution in [0.15, 0.2) is 18.2 Å². The van der Waals surface area contributed by atoms with Crippen LogP contribution in [-0.2, 0) is 0 Å². The van der Waals surface area contributed by atoms with Crippen molar-refractivity contribution in [2.24, 2.45) is 11.8 Å². The lowest BCUT2D eigenvalue weighted by Gasteiger charge is -2.35. The topological polar surface area (TPSA) is 12.0 Å².